The lowest BCUT2D eigenvalue weighted by Crippen LogP contribution is -2.62. The molecule has 2 amide bonds. The highest BCUT2D eigenvalue weighted by Gasteiger charge is 2.58. The Hall–Kier alpha value is -1.79. The number of rotatable bonds is 10. The number of hydroxylamine groups is 2. The number of carboxylic acids is 1. The lowest BCUT2D eigenvalue weighted by atomic mass is 9.45. The summed E-state index contributed by atoms with van der Waals surface area (Å²) >= 11 is 0. The first-order valence-electron chi connectivity index (χ1n) is 17.3. The first kappa shape index (κ1) is 34.5. The van der Waals surface area contributed by atoms with Gasteiger partial charge in [0.15, 0.2) is 0 Å². The van der Waals surface area contributed by atoms with Crippen LogP contribution in [0.4, 0.5) is 0 Å². The topological polar surface area (TPSA) is 158 Å². The van der Waals surface area contributed by atoms with Crippen LogP contribution in [0.15, 0.2) is 0 Å². The lowest BCUT2D eigenvalue weighted by molar-refractivity contribution is -0.193. The molecule has 11 nitrogen and oxygen atoms in total. The van der Waals surface area contributed by atoms with Crippen molar-refractivity contribution in [2.75, 3.05) is 27.3 Å². The molecule has 6 unspecified atom stereocenters. The van der Waals surface area contributed by atoms with Crippen LogP contribution in [0, 0.1) is 58.7 Å². The Morgan fingerprint density at radius 3 is 2.36 bits per heavy atom. The quantitative estimate of drug-likeness (QED) is 0.243. The number of aliphatic hydroxyl groups is 2. The maximum absolute atomic E-state index is 14.1. The second kappa shape index (κ2) is 13.7. The molecule has 6 aliphatic rings. The highest BCUT2D eigenvalue weighted by atomic mass is 16.7. The number of carbonyl (C=O) groups is 3. The Kier molecular flexibility index (Phi) is 10.6. The number of ether oxygens (including phenoxy) is 1. The van der Waals surface area contributed by atoms with Crippen LogP contribution in [-0.4, -0.2) is 95.9 Å². The van der Waals surface area contributed by atoms with Crippen molar-refractivity contribution in [3.8, 4) is 0 Å². The molecule has 5 saturated carbocycles. The maximum atomic E-state index is 14.1. The summed E-state index contributed by atoms with van der Waals surface area (Å²) in [4.78, 5) is 45.1. The van der Waals surface area contributed by atoms with Crippen molar-refractivity contribution in [2.24, 2.45) is 58.7 Å². The van der Waals surface area contributed by atoms with E-state index in [1.807, 2.05) is 0 Å². The van der Waals surface area contributed by atoms with E-state index in [1.54, 1.807) is 26.1 Å². The van der Waals surface area contributed by atoms with Gasteiger partial charge in [0.05, 0.1) is 24.7 Å². The van der Waals surface area contributed by atoms with Crippen molar-refractivity contribution < 1.29 is 39.3 Å². The molecular weight excluding hydrogens is 578 g/mol. The zero-order valence-electron chi connectivity index (χ0n) is 28.0. The molecular formula is C34H57N3O8. The van der Waals surface area contributed by atoms with Gasteiger partial charge in [0, 0.05) is 44.5 Å². The second-order valence-electron chi connectivity index (χ2n) is 15.6. The maximum Gasteiger partial charge on any atom is 0.306 e. The summed E-state index contributed by atoms with van der Waals surface area (Å²) in [5, 5.41) is 38.7. The van der Waals surface area contributed by atoms with Gasteiger partial charge in [-0.05, 0) is 86.9 Å². The number of nitrogens with zero attached hydrogens (tertiary/aromatic N) is 1. The average Bonchev–Trinajstić information content (AvgIpc) is 3.39. The standard InChI is InChI=1S/C34H57N3O8/c1-17-25-13-23(34(25,3)4)14-26(17)36-32(41)29-28(18(2)39)27(16-38)45-37(29)15-19-8-7-9-24(30(19)44-6)20-10-21(31(40)35-5)12-22(11-20)33(42)43/h17-30,38-39H,7-16H2,1-6H3,(H,35,40)(H,36,41)(H,42,43)/t17-,18-,19?,20?,21?,22?,23+,24?,25-,26-,27-,28+,29-,30?/m0/s1. The van der Waals surface area contributed by atoms with E-state index in [1.165, 1.54) is 6.42 Å². The van der Waals surface area contributed by atoms with Crippen molar-refractivity contribution in [2.45, 2.75) is 109 Å². The zero-order chi connectivity index (χ0) is 32.8. The average molecular weight is 636 g/mol. The molecule has 0 radical (unpaired) electrons. The van der Waals surface area contributed by atoms with Crippen LogP contribution in [0.5, 0.6) is 0 Å². The molecule has 5 aliphatic carbocycles. The molecule has 0 aromatic heterocycles. The zero-order valence-corrected chi connectivity index (χ0v) is 28.0. The second-order valence-corrected chi connectivity index (χ2v) is 15.6. The molecule has 45 heavy (non-hydrogen) atoms. The minimum absolute atomic E-state index is 0.0122. The Morgan fingerprint density at radius 1 is 1.07 bits per heavy atom. The molecule has 11 heteroatoms. The first-order valence-corrected chi connectivity index (χ1v) is 17.3. The van der Waals surface area contributed by atoms with Gasteiger partial charge in [-0.15, -0.1) is 0 Å². The molecule has 1 heterocycles. The third kappa shape index (κ3) is 6.53. The molecule has 6 rings (SSSR count). The predicted molar refractivity (Wildman–Crippen MR) is 166 cm³/mol. The molecule has 2 bridgehead atoms. The fourth-order valence-electron chi connectivity index (χ4n) is 10.4. The molecule has 1 saturated heterocycles. The van der Waals surface area contributed by atoms with Crippen molar-refractivity contribution in [1.82, 2.24) is 15.7 Å². The van der Waals surface area contributed by atoms with Gasteiger partial charge in [0.25, 0.3) is 0 Å². The van der Waals surface area contributed by atoms with E-state index in [2.05, 4.69) is 31.4 Å². The fraction of sp³-hybridized carbons (Fsp3) is 0.912. The Labute approximate surface area is 268 Å². The molecule has 0 aromatic carbocycles. The Morgan fingerprint density at radius 2 is 1.78 bits per heavy atom. The number of hydrogen-bond donors (Lipinski definition) is 5. The number of hydrogen-bond acceptors (Lipinski definition) is 8. The smallest absolute Gasteiger partial charge is 0.306 e. The highest BCUT2D eigenvalue weighted by Crippen LogP contribution is 2.61. The van der Waals surface area contributed by atoms with Crippen LogP contribution >= 0.6 is 0 Å². The molecule has 14 atom stereocenters. The number of methoxy groups -OCH3 is 1. The van der Waals surface area contributed by atoms with E-state index in [0.29, 0.717) is 49.0 Å². The largest absolute Gasteiger partial charge is 0.481 e. The Balaban J connectivity index is 1.33. The monoisotopic (exact) mass is 635 g/mol. The molecule has 5 N–H and O–H groups in total. The normalized spacial score (nSPS) is 43.6. The summed E-state index contributed by atoms with van der Waals surface area (Å²) in [5.41, 5.74) is 0.295. The van der Waals surface area contributed by atoms with Crippen LogP contribution in [0.3, 0.4) is 0 Å². The van der Waals surface area contributed by atoms with Gasteiger partial charge in [-0.3, -0.25) is 19.2 Å². The Bertz CT molecular complexity index is 1090. The van der Waals surface area contributed by atoms with Gasteiger partial charge in [-0.2, -0.15) is 5.06 Å². The highest BCUT2D eigenvalue weighted by molar-refractivity contribution is 5.83. The van der Waals surface area contributed by atoms with Crippen LogP contribution < -0.4 is 10.6 Å². The van der Waals surface area contributed by atoms with Gasteiger partial charge in [0.1, 0.15) is 12.1 Å². The fourth-order valence-corrected chi connectivity index (χ4v) is 10.4. The van der Waals surface area contributed by atoms with Crippen molar-refractivity contribution in [3.05, 3.63) is 0 Å². The van der Waals surface area contributed by atoms with Crippen LogP contribution in [0.2, 0.25) is 0 Å². The number of fused-ring (bicyclic) bond motifs is 2. The van der Waals surface area contributed by atoms with E-state index in [0.717, 1.165) is 25.7 Å². The van der Waals surface area contributed by atoms with Crippen LogP contribution in [0.25, 0.3) is 0 Å². The van der Waals surface area contributed by atoms with Crippen LogP contribution in [-0.2, 0) is 24.0 Å². The molecule has 1 aliphatic heterocycles. The summed E-state index contributed by atoms with van der Waals surface area (Å²) in [6, 6.07) is -0.700. The minimum atomic E-state index is -0.867. The number of nitrogens with one attached hydrogen (secondary N) is 2. The number of carboxylic acid groups (broad SMARTS) is 1. The summed E-state index contributed by atoms with van der Waals surface area (Å²) < 4.78 is 6.16. The molecule has 0 aromatic rings. The summed E-state index contributed by atoms with van der Waals surface area (Å²) in [7, 11) is 3.28. The van der Waals surface area contributed by atoms with Crippen molar-refractivity contribution >= 4 is 17.8 Å². The first-order chi connectivity index (χ1) is 21.3. The predicted octanol–water partition coefficient (Wildman–Crippen LogP) is 2.44. The van der Waals surface area contributed by atoms with Gasteiger partial charge < -0.3 is 30.7 Å². The number of amides is 2. The van der Waals surface area contributed by atoms with Crippen LogP contribution in [0.1, 0.15) is 79.1 Å². The van der Waals surface area contributed by atoms with E-state index in [4.69, 9.17) is 9.57 Å². The number of carbonyl (C=O) groups excluding carboxylic acids is 2. The van der Waals surface area contributed by atoms with Gasteiger partial charge in [0.2, 0.25) is 11.8 Å². The molecule has 256 valence electrons. The lowest BCUT2D eigenvalue weighted by Gasteiger charge is -2.62. The van der Waals surface area contributed by atoms with Gasteiger partial charge in [-0.1, -0.05) is 27.2 Å². The molecule has 6 fully saturated rings. The summed E-state index contributed by atoms with van der Waals surface area (Å²) in [6.07, 6.45) is 4.50. The third-order valence-corrected chi connectivity index (χ3v) is 13.1. The number of aliphatic carboxylic acids is 1. The number of aliphatic hydroxyl groups excluding tert-OH is 2. The van der Waals surface area contributed by atoms with Crippen molar-refractivity contribution in [3.63, 3.8) is 0 Å². The van der Waals surface area contributed by atoms with Gasteiger partial charge in [-0.25, -0.2) is 0 Å². The summed E-state index contributed by atoms with van der Waals surface area (Å²) in [6.45, 7) is 8.63. The SMILES string of the molecule is CNC(=O)C1CC(C(=O)O)CC(C2CCCC(CN3O[C@@H](CO)[C@@H]([C@H](C)O)[C@H]3C(=O)N[C@H]3C[C@H]4C[C@@H]([C@@H]3C)C4(C)C)C2OC)C1. The van der Waals surface area contributed by atoms with E-state index >= 15 is 0 Å². The van der Waals surface area contributed by atoms with Gasteiger partial charge >= 0.3 is 5.97 Å². The van der Waals surface area contributed by atoms with E-state index < -0.39 is 36.1 Å². The van der Waals surface area contributed by atoms with E-state index in [9.17, 15) is 29.7 Å². The minimum Gasteiger partial charge on any atom is -0.481 e. The van der Waals surface area contributed by atoms with E-state index in [-0.39, 0.29) is 54.2 Å². The van der Waals surface area contributed by atoms with Crippen molar-refractivity contribution in [1.29, 1.82) is 0 Å². The molecule has 0 spiro atoms. The third-order valence-electron chi connectivity index (χ3n) is 13.1. The summed E-state index contributed by atoms with van der Waals surface area (Å²) in [5.74, 6) is -1.07.